The molecule has 7 rings (SSSR count). The van der Waals surface area contributed by atoms with E-state index in [2.05, 4.69) is 19.9 Å². The van der Waals surface area contributed by atoms with Crippen LogP contribution in [0.15, 0.2) is 103 Å². The molecule has 1 saturated carbocycles. The Hall–Kier alpha value is -4.28. The number of aliphatic hydroxyl groups excluding tert-OH is 1. The number of methoxy groups -OCH3 is 2. The van der Waals surface area contributed by atoms with Crippen molar-refractivity contribution in [1.82, 2.24) is 4.31 Å². The number of carbonyl (C=O) groups excluding carboxylic acids is 1. The summed E-state index contributed by atoms with van der Waals surface area (Å²) in [6.07, 6.45) is 6.69. The van der Waals surface area contributed by atoms with E-state index in [9.17, 15) is 23.4 Å². The zero-order chi connectivity index (χ0) is 38.7. The number of fused-ring (bicyclic) bond motifs is 8. The molecule has 1 fully saturated rings. The van der Waals surface area contributed by atoms with E-state index in [1.807, 2.05) is 72.8 Å². The van der Waals surface area contributed by atoms with Gasteiger partial charge in [-0.1, -0.05) is 91.4 Å². The maximum Gasteiger partial charge on any atom is 0.211 e. The fourth-order valence-corrected chi connectivity index (χ4v) is 9.37. The van der Waals surface area contributed by atoms with Gasteiger partial charge in [-0.3, -0.25) is 4.79 Å². The molecule has 3 aliphatic carbocycles. The van der Waals surface area contributed by atoms with Crippen LogP contribution in [0.5, 0.6) is 11.5 Å². The molecule has 2 bridgehead atoms. The first-order valence-corrected chi connectivity index (χ1v) is 20.6. The molecule has 0 aromatic heterocycles. The SMILES string of the molecule is COc1ccc(CN(CC2(O)CCC3c4ccc(cc4C(=O)c4ccc(-c5ccccc5)cc4)CC(O)CCC(C)=CCCC32C)S(C)(=O)=O)c(OC)c1. The number of ketones is 1. The Kier molecular flexibility index (Phi) is 11.8. The van der Waals surface area contributed by atoms with Crippen LogP contribution in [-0.4, -0.2) is 67.4 Å². The second kappa shape index (κ2) is 16.2. The first kappa shape index (κ1) is 39.4. The molecule has 286 valence electrons. The lowest BCUT2D eigenvalue weighted by Gasteiger charge is -2.45. The summed E-state index contributed by atoms with van der Waals surface area (Å²) in [6, 6.07) is 28.9. The predicted molar refractivity (Wildman–Crippen MR) is 214 cm³/mol. The second-order valence-electron chi connectivity index (χ2n) is 15.4. The van der Waals surface area contributed by atoms with Crippen molar-refractivity contribution < 1.29 is 32.9 Å². The minimum atomic E-state index is -3.79. The van der Waals surface area contributed by atoms with Gasteiger partial charge in [0.25, 0.3) is 0 Å². The van der Waals surface area contributed by atoms with E-state index < -0.39 is 27.1 Å². The largest absolute Gasteiger partial charge is 0.497 e. The number of hydrogen-bond donors (Lipinski definition) is 2. The average molecular weight is 752 g/mol. The van der Waals surface area contributed by atoms with E-state index in [4.69, 9.17) is 9.47 Å². The highest BCUT2D eigenvalue weighted by molar-refractivity contribution is 7.88. The van der Waals surface area contributed by atoms with Crippen LogP contribution in [0.1, 0.15) is 90.9 Å². The Bertz CT molecular complexity index is 2100. The van der Waals surface area contributed by atoms with Gasteiger partial charge in [-0.25, -0.2) is 8.42 Å². The molecule has 8 nitrogen and oxygen atoms in total. The summed E-state index contributed by atoms with van der Waals surface area (Å²) in [7, 11) is -0.697. The van der Waals surface area contributed by atoms with Gasteiger partial charge in [0.15, 0.2) is 5.78 Å². The van der Waals surface area contributed by atoms with E-state index in [0.29, 0.717) is 66.7 Å². The monoisotopic (exact) mass is 751 g/mol. The zero-order valence-corrected chi connectivity index (χ0v) is 32.9. The van der Waals surface area contributed by atoms with Crippen molar-refractivity contribution in [2.45, 2.75) is 83.0 Å². The summed E-state index contributed by atoms with van der Waals surface area (Å²) in [5.41, 5.74) is 4.48. The standard InChI is InChI=1S/C45H53NO7S/c1-31-10-9-24-44(2)41(23-25-45(44,49)30-46(54(5,50)51)29-36-19-21-38(52-3)28-42(36)53-4)39-22-14-32(26-37(47)20-13-31)27-40(39)43(48)35-17-15-34(16-18-35)33-11-7-6-8-12-33/h6-8,10-12,14-19,21-22,27-28,37,41,47,49H,9,13,20,23-26,29-30H2,1-5H3. The lowest BCUT2D eigenvalue weighted by Crippen LogP contribution is -2.53. The van der Waals surface area contributed by atoms with Crippen molar-refractivity contribution >= 4 is 15.8 Å². The van der Waals surface area contributed by atoms with Crippen LogP contribution in [0.2, 0.25) is 0 Å². The van der Waals surface area contributed by atoms with Crippen LogP contribution in [0.3, 0.4) is 0 Å². The molecule has 0 spiro atoms. The Morgan fingerprint density at radius 3 is 2.31 bits per heavy atom. The molecule has 4 aromatic carbocycles. The van der Waals surface area contributed by atoms with Gasteiger partial charge in [-0.15, -0.1) is 0 Å². The maximum atomic E-state index is 14.6. The summed E-state index contributed by atoms with van der Waals surface area (Å²) in [4.78, 5) is 14.6. The van der Waals surface area contributed by atoms with Crippen molar-refractivity contribution in [2.24, 2.45) is 5.41 Å². The number of ether oxygens (including phenoxy) is 2. The van der Waals surface area contributed by atoms with Crippen LogP contribution < -0.4 is 9.47 Å². The number of allylic oxidation sites excluding steroid dienone is 2. The van der Waals surface area contributed by atoms with Crippen LogP contribution in [0.25, 0.3) is 11.1 Å². The number of aliphatic hydroxyl groups is 2. The van der Waals surface area contributed by atoms with Gasteiger partial charge >= 0.3 is 0 Å². The number of rotatable bonds is 10. The molecule has 9 heteroatoms. The van der Waals surface area contributed by atoms with Gasteiger partial charge in [0.1, 0.15) is 11.5 Å². The van der Waals surface area contributed by atoms with Crippen LogP contribution in [0, 0.1) is 5.41 Å². The lowest BCUT2D eigenvalue weighted by atomic mass is 9.64. The van der Waals surface area contributed by atoms with Gasteiger partial charge in [0.2, 0.25) is 10.0 Å². The topological polar surface area (TPSA) is 113 Å². The summed E-state index contributed by atoms with van der Waals surface area (Å²) in [5.74, 6) is 0.713. The Balaban J connectivity index is 1.41. The molecule has 4 aromatic rings. The Morgan fingerprint density at radius 2 is 1.63 bits per heavy atom. The first-order chi connectivity index (χ1) is 25.7. The normalized spacial score (nSPS) is 23.4. The van der Waals surface area contributed by atoms with E-state index in [1.165, 1.54) is 23.2 Å². The van der Waals surface area contributed by atoms with Crippen molar-refractivity contribution in [3.8, 4) is 22.6 Å². The van der Waals surface area contributed by atoms with Crippen molar-refractivity contribution in [3.05, 3.63) is 130 Å². The third kappa shape index (κ3) is 8.35. The number of sulfonamides is 1. The number of nitrogens with zero attached hydrogens (tertiary/aromatic N) is 1. The van der Waals surface area contributed by atoms with Crippen LogP contribution in [-0.2, 0) is 23.0 Å². The first-order valence-electron chi connectivity index (χ1n) is 18.8. The molecule has 54 heavy (non-hydrogen) atoms. The van der Waals surface area contributed by atoms with Crippen LogP contribution in [0.4, 0.5) is 0 Å². The average Bonchev–Trinajstić information content (AvgIpc) is 3.42. The third-order valence-electron chi connectivity index (χ3n) is 11.9. The molecule has 0 aliphatic heterocycles. The van der Waals surface area contributed by atoms with E-state index >= 15 is 0 Å². The minimum Gasteiger partial charge on any atom is -0.497 e. The highest BCUT2D eigenvalue weighted by Crippen LogP contribution is 2.59. The molecule has 3 aliphatic rings. The lowest BCUT2D eigenvalue weighted by molar-refractivity contribution is -0.0731. The summed E-state index contributed by atoms with van der Waals surface area (Å²) >= 11 is 0. The third-order valence-corrected chi connectivity index (χ3v) is 13.1. The molecule has 0 amide bonds. The summed E-state index contributed by atoms with van der Waals surface area (Å²) < 4.78 is 39.3. The molecule has 4 unspecified atom stereocenters. The predicted octanol–water partition coefficient (Wildman–Crippen LogP) is 8.10. The molecule has 4 atom stereocenters. The molecule has 0 saturated heterocycles. The quantitative estimate of drug-likeness (QED) is 0.124. The highest BCUT2D eigenvalue weighted by atomic mass is 32.2. The fourth-order valence-electron chi connectivity index (χ4n) is 8.55. The van der Waals surface area contributed by atoms with Gasteiger partial charge < -0.3 is 19.7 Å². The Morgan fingerprint density at radius 1 is 0.907 bits per heavy atom. The zero-order valence-electron chi connectivity index (χ0n) is 32.0. The smallest absolute Gasteiger partial charge is 0.211 e. The highest BCUT2D eigenvalue weighted by Gasteiger charge is 2.58. The maximum absolute atomic E-state index is 14.6. The fraction of sp³-hybridized carbons (Fsp3) is 0.400. The van der Waals surface area contributed by atoms with E-state index in [-0.39, 0.29) is 24.8 Å². The number of hydrogen-bond acceptors (Lipinski definition) is 7. The van der Waals surface area contributed by atoms with E-state index in [1.54, 1.807) is 25.3 Å². The van der Waals surface area contributed by atoms with Gasteiger partial charge in [-0.05, 0) is 92.2 Å². The van der Waals surface area contributed by atoms with Crippen molar-refractivity contribution in [1.29, 1.82) is 0 Å². The second-order valence-corrected chi connectivity index (χ2v) is 17.4. The molecular weight excluding hydrogens is 699 g/mol. The van der Waals surface area contributed by atoms with Gasteiger partial charge in [-0.2, -0.15) is 4.31 Å². The molecule has 0 radical (unpaired) electrons. The Labute approximate surface area is 320 Å². The van der Waals surface area contributed by atoms with Crippen molar-refractivity contribution in [2.75, 3.05) is 27.0 Å². The summed E-state index contributed by atoms with van der Waals surface area (Å²) in [6.45, 7) is 4.02. The summed E-state index contributed by atoms with van der Waals surface area (Å²) in [5, 5.41) is 23.9. The molecular formula is C45H53NO7S. The van der Waals surface area contributed by atoms with Gasteiger partial charge in [0, 0.05) is 41.3 Å². The van der Waals surface area contributed by atoms with Gasteiger partial charge in [0.05, 0.1) is 32.2 Å². The number of carbonyl (C=O) groups is 1. The number of benzene rings is 4. The molecule has 2 N–H and O–H groups in total. The molecule has 0 heterocycles. The minimum absolute atomic E-state index is 0.00774. The van der Waals surface area contributed by atoms with E-state index in [0.717, 1.165) is 28.7 Å². The van der Waals surface area contributed by atoms with Crippen molar-refractivity contribution in [3.63, 3.8) is 0 Å². The van der Waals surface area contributed by atoms with Crippen LogP contribution >= 0.6 is 0 Å².